The maximum absolute atomic E-state index is 10.1. The summed E-state index contributed by atoms with van der Waals surface area (Å²) in [5, 5.41) is 0. The Bertz CT molecular complexity index is 95.0. The van der Waals surface area contributed by atoms with Gasteiger partial charge in [-0.05, 0) is 27.1 Å². The fourth-order valence-electron chi connectivity index (χ4n) is 0.547. The van der Waals surface area contributed by atoms with Crippen LogP contribution in [0.4, 0.5) is 0 Å². The van der Waals surface area contributed by atoms with E-state index in [4.69, 9.17) is 4.89 Å². The zero-order valence-corrected chi connectivity index (χ0v) is 6.92. The molecule has 0 heterocycles. The van der Waals surface area contributed by atoms with Crippen molar-refractivity contribution in [3.05, 3.63) is 0 Å². The van der Waals surface area contributed by atoms with Gasteiger partial charge in [-0.3, -0.25) is 4.57 Å². The molecule has 0 aromatic carbocycles. The van der Waals surface area contributed by atoms with E-state index >= 15 is 0 Å². The Hall–Kier alpha value is 0.150. The lowest BCUT2D eigenvalue weighted by molar-refractivity contribution is 0.405. The third kappa shape index (κ3) is 8.15. The molecule has 0 spiro atoms. The third-order valence-corrected chi connectivity index (χ3v) is 1.78. The fraction of sp³-hybridized carbons (Fsp3) is 1.00. The molecule has 1 N–H and O–H groups in total. The van der Waals surface area contributed by atoms with E-state index in [9.17, 15) is 4.57 Å². The minimum absolute atomic E-state index is 0.461. The first-order chi connectivity index (χ1) is 4.13. The Morgan fingerprint density at radius 1 is 1.56 bits per heavy atom. The highest BCUT2D eigenvalue weighted by Gasteiger charge is 1.93. The zero-order valence-electron chi connectivity index (χ0n) is 5.92. The number of rotatable bonds is 4. The first-order valence-corrected chi connectivity index (χ1v) is 4.55. The van der Waals surface area contributed by atoms with Crippen molar-refractivity contribution in [2.24, 2.45) is 0 Å². The highest BCUT2D eigenvalue weighted by atomic mass is 31.1. The Labute approximate surface area is 56.5 Å². The van der Waals surface area contributed by atoms with Crippen LogP contribution in [0.25, 0.3) is 0 Å². The van der Waals surface area contributed by atoms with Gasteiger partial charge >= 0.3 is 0 Å². The predicted molar refractivity (Wildman–Crippen MR) is 39.3 cm³/mol. The summed E-state index contributed by atoms with van der Waals surface area (Å²) in [5.74, 6) is 0. The standard InChI is InChI=1S/C5H14NO2P/c1-6(2)4-3-5-9(7)8/h9H,3-5H2,1-2H3,(H,7,8). The SMILES string of the molecule is CN(C)CCC[PH](=O)O. The zero-order chi connectivity index (χ0) is 7.28. The highest BCUT2D eigenvalue weighted by Crippen LogP contribution is 2.13. The summed E-state index contributed by atoms with van der Waals surface area (Å²) in [6.07, 6.45) is 1.28. The van der Waals surface area contributed by atoms with Gasteiger partial charge in [0.05, 0.1) is 0 Å². The van der Waals surface area contributed by atoms with Crippen molar-refractivity contribution in [2.75, 3.05) is 26.8 Å². The van der Waals surface area contributed by atoms with Gasteiger partial charge in [0.1, 0.15) is 0 Å². The Balaban J connectivity index is 3.01. The average molecular weight is 151 g/mol. The van der Waals surface area contributed by atoms with E-state index in [2.05, 4.69) is 0 Å². The maximum Gasteiger partial charge on any atom is 0.189 e. The molecule has 0 radical (unpaired) electrons. The average Bonchev–Trinajstić information content (AvgIpc) is 1.63. The summed E-state index contributed by atoms with van der Waals surface area (Å²) >= 11 is 0. The molecular weight excluding hydrogens is 137 g/mol. The van der Waals surface area contributed by atoms with Crippen molar-refractivity contribution in [1.82, 2.24) is 4.90 Å². The molecule has 9 heavy (non-hydrogen) atoms. The van der Waals surface area contributed by atoms with Gasteiger partial charge in [0.15, 0.2) is 8.03 Å². The van der Waals surface area contributed by atoms with Gasteiger partial charge in [0.2, 0.25) is 0 Å². The van der Waals surface area contributed by atoms with Crippen molar-refractivity contribution in [3.8, 4) is 0 Å². The number of nitrogens with zero attached hydrogens (tertiary/aromatic N) is 1. The monoisotopic (exact) mass is 151 g/mol. The van der Waals surface area contributed by atoms with Crippen LogP contribution in [-0.2, 0) is 4.57 Å². The molecule has 1 unspecified atom stereocenters. The van der Waals surface area contributed by atoms with Crippen LogP contribution >= 0.6 is 8.03 Å². The normalized spacial score (nSPS) is 14.2. The Kier molecular flexibility index (Phi) is 5.06. The van der Waals surface area contributed by atoms with Crippen LogP contribution < -0.4 is 0 Å². The van der Waals surface area contributed by atoms with Gasteiger partial charge in [-0.2, -0.15) is 0 Å². The molecule has 56 valence electrons. The smallest absolute Gasteiger partial charge is 0.189 e. The highest BCUT2D eigenvalue weighted by molar-refractivity contribution is 7.37. The summed E-state index contributed by atoms with van der Waals surface area (Å²) in [4.78, 5) is 10.4. The van der Waals surface area contributed by atoms with E-state index in [1.165, 1.54) is 0 Å². The first kappa shape index (κ1) is 9.15. The quantitative estimate of drug-likeness (QED) is 0.591. The molecule has 0 amide bonds. The van der Waals surface area contributed by atoms with Crippen LogP contribution in [0, 0.1) is 0 Å². The molecule has 4 heteroatoms. The molecular formula is C5H14NO2P. The van der Waals surface area contributed by atoms with Crippen LogP contribution in [0.2, 0.25) is 0 Å². The largest absolute Gasteiger partial charge is 0.346 e. The maximum atomic E-state index is 10.1. The van der Waals surface area contributed by atoms with Gasteiger partial charge in [-0.1, -0.05) is 0 Å². The van der Waals surface area contributed by atoms with E-state index < -0.39 is 8.03 Å². The minimum Gasteiger partial charge on any atom is -0.346 e. The molecule has 3 nitrogen and oxygen atoms in total. The van der Waals surface area contributed by atoms with E-state index in [1.54, 1.807) is 0 Å². The van der Waals surface area contributed by atoms with E-state index in [0.717, 1.165) is 13.0 Å². The Morgan fingerprint density at radius 3 is 2.44 bits per heavy atom. The summed E-state index contributed by atoms with van der Waals surface area (Å²) < 4.78 is 10.1. The molecule has 0 saturated carbocycles. The van der Waals surface area contributed by atoms with Crippen LogP contribution in [0.15, 0.2) is 0 Å². The van der Waals surface area contributed by atoms with E-state index in [-0.39, 0.29) is 0 Å². The molecule has 0 rings (SSSR count). The molecule has 0 fully saturated rings. The summed E-state index contributed by atoms with van der Waals surface area (Å²) in [6, 6.07) is 0. The third-order valence-electron chi connectivity index (χ3n) is 0.996. The first-order valence-electron chi connectivity index (χ1n) is 2.99. The molecule has 0 saturated heterocycles. The van der Waals surface area contributed by atoms with Crippen molar-refractivity contribution in [3.63, 3.8) is 0 Å². The molecule has 0 aliphatic carbocycles. The van der Waals surface area contributed by atoms with Crippen LogP contribution in [0.3, 0.4) is 0 Å². The topological polar surface area (TPSA) is 40.5 Å². The summed E-state index contributed by atoms with van der Waals surface area (Å²) in [6.45, 7) is 0.900. The van der Waals surface area contributed by atoms with Gasteiger partial charge < -0.3 is 9.79 Å². The molecule has 0 aromatic rings. The molecule has 0 bridgehead atoms. The van der Waals surface area contributed by atoms with Gasteiger partial charge in [0.25, 0.3) is 0 Å². The summed E-state index contributed by atoms with van der Waals surface area (Å²) in [5.41, 5.74) is 0. The van der Waals surface area contributed by atoms with Crippen molar-refractivity contribution in [1.29, 1.82) is 0 Å². The van der Waals surface area contributed by atoms with Crippen LogP contribution in [-0.4, -0.2) is 36.6 Å². The second kappa shape index (κ2) is 4.98. The predicted octanol–water partition coefficient (Wildman–Crippen LogP) is 0.405. The lowest BCUT2D eigenvalue weighted by Gasteiger charge is -2.06. The Morgan fingerprint density at radius 2 is 2.11 bits per heavy atom. The van der Waals surface area contributed by atoms with Gasteiger partial charge in [-0.15, -0.1) is 0 Å². The van der Waals surface area contributed by atoms with Crippen molar-refractivity contribution >= 4 is 8.03 Å². The lowest BCUT2D eigenvalue weighted by atomic mass is 10.5. The lowest BCUT2D eigenvalue weighted by Crippen LogP contribution is -2.13. The number of hydrogen-bond donors (Lipinski definition) is 1. The summed E-state index contributed by atoms with van der Waals surface area (Å²) in [7, 11) is 1.70. The number of hydrogen-bond acceptors (Lipinski definition) is 2. The molecule has 0 aliphatic rings. The molecule has 0 aliphatic heterocycles. The fourth-order valence-corrected chi connectivity index (χ4v) is 1.01. The van der Waals surface area contributed by atoms with E-state index in [1.807, 2.05) is 19.0 Å². The van der Waals surface area contributed by atoms with Gasteiger partial charge in [-0.25, -0.2) is 0 Å². The molecule has 0 aromatic heterocycles. The van der Waals surface area contributed by atoms with Crippen molar-refractivity contribution in [2.45, 2.75) is 6.42 Å². The van der Waals surface area contributed by atoms with Gasteiger partial charge in [0, 0.05) is 6.16 Å². The molecule has 1 atom stereocenters. The van der Waals surface area contributed by atoms with Crippen LogP contribution in [0.1, 0.15) is 6.42 Å². The minimum atomic E-state index is -2.21. The van der Waals surface area contributed by atoms with Crippen LogP contribution in [0.5, 0.6) is 0 Å². The second-order valence-corrected chi connectivity index (χ2v) is 3.59. The van der Waals surface area contributed by atoms with Crippen molar-refractivity contribution < 1.29 is 9.46 Å². The van der Waals surface area contributed by atoms with E-state index in [0.29, 0.717) is 6.16 Å². The second-order valence-electron chi connectivity index (χ2n) is 2.30.